The molecule has 3 atom stereocenters. The third-order valence-corrected chi connectivity index (χ3v) is 2.15. The van der Waals surface area contributed by atoms with Crippen molar-refractivity contribution in [3.63, 3.8) is 0 Å². The Balaban J connectivity index is 0.000000405. The minimum atomic E-state index is 0. The Hall–Kier alpha value is 0.500. The summed E-state index contributed by atoms with van der Waals surface area (Å²) < 4.78 is 5.46. The Morgan fingerprint density at radius 2 is 1.90 bits per heavy atom. The van der Waals surface area contributed by atoms with E-state index in [4.69, 9.17) is 10.5 Å². The van der Waals surface area contributed by atoms with E-state index in [0.29, 0.717) is 18.2 Å². The third-order valence-electron chi connectivity index (χ3n) is 2.15. The number of hydrogen-bond donors (Lipinski definition) is 1. The van der Waals surface area contributed by atoms with Crippen LogP contribution in [0.5, 0.6) is 0 Å². The lowest BCUT2D eigenvalue weighted by atomic mass is 9.97. The predicted molar refractivity (Wildman–Crippen MR) is 45.0 cm³/mol. The first-order valence-corrected chi connectivity index (χ1v) is 3.27. The molecule has 2 heterocycles. The minimum absolute atomic E-state index is 0. The summed E-state index contributed by atoms with van der Waals surface area (Å²) in [5, 5.41) is 0. The topological polar surface area (TPSA) is 35.2 Å². The second-order valence-electron chi connectivity index (χ2n) is 2.77. The van der Waals surface area contributed by atoms with Crippen LogP contribution in [-0.4, -0.2) is 18.2 Å². The molecule has 0 radical (unpaired) electrons. The van der Waals surface area contributed by atoms with Crippen LogP contribution >= 0.6 is 24.8 Å². The molecule has 0 spiro atoms. The van der Waals surface area contributed by atoms with Crippen molar-refractivity contribution in [2.75, 3.05) is 0 Å². The second kappa shape index (κ2) is 3.77. The molecule has 2 aliphatic rings. The number of halogens is 2. The summed E-state index contributed by atoms with van der Waals surface area (Å²) in [6, 6.07) is 0.355. The maximum atomic E-state index is 5.69. The van der Waals surface area contributed by atoms with Crippen molar-refractivity contribution in [1.29, 1.82) is 0 Å². The zero-order valence-corrected chi connectivity index (χ0v) is 7.29. The normalized spacial score (nSPS) is 42.3. The lowest BCUT2D eigenvalue weighted by molar-refractivity contribution is 0.101. The van der Waals surface area contributed by atoms with Crippen molar-refractivity contribution in [3.05, 3.63) is 0 Å². The quantitative estimate of drug-likeness (QED) is 0.614. The summed E-state index contributed by atoms with van der Waals surface area (Å²) in [6.07, 6.45) is 4.49. The third kappa shape index (κ3) is 1.56. The summed E-state index contributed by atoms with van der Waals surface area (Å²) >= 11 is 0. The Labute approximate surface area is 73.3 Å². The number of rotatable bonds is 0. The van der Waals surface area contributed by atoms with Crippen LogP contribution in [0.3, 0.4) is 0 Å². The van der Waals surface area contributed by atoms with Gasteiger partial charge in [-0.05, 0) is 19.3 Å². The highest BCUT2D eigenvalue weighted by Crippen LogP contribution is 2.32. The summed E-state index contributed by atoms with van der Waals surface area (Å²) in [5.41, 5.74) is 5.69. The molecule has 2 bridgehead atoms. The number of nitrogens with two attached hydrogens (primary N) is 1. The van der Waals surface area contributed by atoms with Crippen molar-refractivity contribution >= 4 is 24.8 Å². The van der Waals surface area contributed by atoms with E-state index in [9.17, 15) is 0 Å². The molecule has 10 heavy (non-hydrogen) atoms. The molecule has 62 valence electrons. The number of fused-ring (bicyclic) bond motifs is 2. The molecule has 0 aromatic heterocycles. The van der Waals surface area contributed by atoms with Crippen molar-refractivity contribution in [3.8, 4) is 0 Å². The fourth-order valence-electron chi connectivity index (χ4n) is 1.68. The predicted octanol–water partition coefficient (Wildman–Crippen LogP) is 1.11. The molecular weight excluding hydrogens is 173 g/mol. The second-order valence-corrected chi connectivity index (χ2v) is 2.77. The molecule has 2 fully saturated rings. The van der Waals surface area contributed by atoms with Gasteiger partial charge in [-0.25, -0.2) is 0 Å². The van der Waals surface area contributed by atoms with E-state index in [1.165, 1.54) is 12.8 Å². The van der Waals surface area contributed by atoms with Gasteiger partial charge in [0.05, 0.1) is 12.2 Å². The highest BCUT2D eigenvalue weighted by Gasteiger charge is 2.38. The van der Waals surface area contributed by atoms with E-state index in [2.05, 4.69) is 0 Å². The van der Waals surface area contributed by atoms with E-state index in [-0.39, 0.29) is 24.8 Å². The zero-order valence-electron chi connectivity index (χ0n) is 5.66. The summed E-state index contributed by atoms with van der Waals surface area (Å²) in [5.74, 6) is 0. The Morgan fingerprint density at radius 3 is 2.10 bits per heavy atom. The van der Waals surface area contributed by atoms with Crippen LogP contribution in [0.2, 0.25) is 0 Å². The Bertz CT molecular complexity index is 110. The molecule has 0 aliphatic carbocycles. The van der Waals surface area contributed by atoms with Crippen LogP contribution in [0.1, 0.15) is 19.3 Å². The minimum Gasteiger partial charge on any atom is -0.373 e. The average Bonchev–Trinajstić information content (AvgIpc) is 2.23. The molecule has 2 nitrogen and oxygen atoms in total. The molecule has 2 aliphatic heterocycles. The summed E-state index contributed by atoms with van der Waals surface area (Å²) in [6.45, 7) is 0. The van der Waals surface area contributed by atoms with E-state index in [1.807, 2.05) is 0 Å². The van der Waals surface area contributed by atoms with E-state index in [0.717, 1.165) is 6.42 Å². The van der Waals surface area contributed by atoms with Crippen LogP contribution in [0.4, 0.5) is 0 Å². The lowest BCUT2D eigenvalue weighted by Gasteiger charge is -2.11. The number of hydrogen-bond acceptors (Lipinski definition) is 2. The summed E-state index contributed by atoms with van der Waals surface area (Å²) in [7, 11) is 0. The highest BCUT2D eigenvalue weighted by atomic mass is 35.5. The lowest BCUT2D eigenvalue weighted by Crippen LogP contribution is -2.30. The smallest absolute Gasteiger partial charge is 0.0731 e. The van der Waals surface area contributed by atoms with Gasteiger partial charge in [-0.1, -0.05) is 0 Å². The monoisotopic (exact) mass is 185 g/mol. The fourth-order valence-corrected chi connectivity index (χ4v) is 1.68. The molecule has 2 N–H and O–H groups in total. The van der Waals surface area contributed by atoms with Crippen LogP contribution in [0.25, 0.3) is 0 Å². The Morgan fingerprint density at radius 1 is 1.20 bits per heavy atom. The van der Waals surface area contributed by atoms with Crippen LogP contribution in [0, 0.1) is 0 Å². The van der Waals surface area contributed by atoms with Gasteiger partial charge in [0.25, 0.3) is 0 Å². The van der Waals surface area contributed by atoms with E-state index in [1.54, 1.807) is 0 Å². The van der Waals surface area contributed by atoms with Crippen LogP contribution in [-0.2, 0) is 4.74 Å². The molecule has 2 rings (SSSR count). The van der Waals surface area contributed by atoms with Gasteiger partial charge in [-0.2, -0.15) is 0 Å². The molecule has 0 amide bonds. The fraction of sp³-hybridized carbons (Fsp3) is 1.00. The highest BCUT2D eigenvalue weighted by molar-refractivity contribution is 5.85. The first-order chi connectivity index (χ1) is 3.86. The van der Waals surface area contributed by atoms with Gasteiger partial charge in [0, 0.05) is 6.04 Å². The molecular formula is C6H13Cl2NO. The first-order valence-electron chi connectivity index (χ1n) is 3.27. The van der Waals surface area contributed by atoms with Gasteiger partial charge in [0.1, 0.15) is 0 Å². The van der Waals surface area contributed by atoms with Gasteiger partial charge in [0.2, 0.25) is 0 Å². The van der Waals surface area contributed by atoms with Gasteiger partial charge in [-0.3, -0.25) is 0 Å². The molecule has 2 saturated heterocycles. The largest absolute Gasteiger partial charge is 0.373 e. The average molecular weight is 186 g/mol. The van der Waals surface area contributed by atoms with Gasteiger partial charge < -0.3 is 10.5 Å². The maximum absolute atomic E-state index is 5.69. The Kier molecular flexibility index (Phi) is 3.95. The molecule has 0 saturated carbocycles. The molecule has 0 unspecified atom stereocenters. The maximum Gasteiger partial charge on any atom is 0.0731 e. The van der Waals surface area contributed by atoms with Crippen molar-refractivity contribution < 1.29 is 4.74 Å². The SMILES string of the molecule is Cl.Cl.N[C@@H]1C[C@@H]2CC[C@H]1O2. The van der Waals surface area contributed by atoms with E-state index >= 15 is 0 Å². The first kappa shape index (κ1) is 10.5. The van der Waals surface area contributed by atoms with E-state index < -0.39 is 0 Å². The van der Waals surface area contributed by atoms with Crippen LogP contribution in [0.15, 0.2) is 0 Å². The summed E-state index contributed by atoms with van der Waals surface area (Å²) in [4.78, 5) is 0. The van der Waals surface area contributed by atoms with Crippen molar-refractivity contribution in [1.82, 2.24) is 0 Å². The molecule has 4 heteroatoms. The zero-order chi connectivity index (χ0) is 5.56. The van der Waals surface area contributed by atoms with Crippen molar-refractivity contribution in [2.24, 2.45) is 5.73 Å². The molecule has 0 aromatic carbocycles. The van der Waals surface area contributed by atoms with Gasteiger partial charge in [0.15, 0.2) is 0 Å². The molecule has 0 aromatic rings. The van der Waals surface area contributed by atoms with Crippen LogP contribution < -0.4 is 5.73 Å². The van der Waals surface area contributed by atoms with Crippen molar-refractivity contribution in [2.45, 2.75) is 37.5 Å². The van der Waals surface area contributed by atoms with Gasteiger partial charge in [-0.15, -0.1) is 24.8 Å². The number of ether oxygens (including phenoxy) is 1. The van der Waals surface area contributed by atoms with Gasteiger partial charge >= 0.3 is 0 Å². The standard InChI is InChI=1S/C6H11NO.2ClH/c7-5-3-4-1-2-6(5)8-4;;/h4-6H,1-3,7H2;2*1H/t4-,5+,6+;;/m0../s1.